The maximum Gasteiger partial charge on any atom is 0.417 e. The lowest BCUT2D eigenvalue weighted by Crippen LogP contribution is -2.13. The molecule has 0 saturated carbocycles. The topological polar surface area (TPSA) is 30.0 Å². The molecule has 0 radical (unpaired) electrons. The smallest absolute Gasteiger partial charge is 0.291 e. The molecule has 1 aromatic heterocycles. The van der Waals surface area contributed by atoms with Crippen LogP contribution in [0.4, 0.5) is 13.2 Å². The maximum absolute atomic E-state index is 12.1. The van der Waals surface area contributed by atoms with Crippen molar-refractivity contribution in [1.29, 1.82) is 0 Å². The van der Waals surface area contributed by atoms with Crippen molar-refractivity contribution in [2.75, 3.05) is 0 Å². The van der Waals surface area contributed by atoms with E-state index in [1.54, 1.807) is 6.92 Å². The van der Waals surface area contributed by atoms with Gasteiger partial charge in [-0.25, -0.2) is 0 Å². The van der Waals surface area contributed by atoms with E-state index >= 15 is 0 Å². The number of hydrogen-bond acceptors (Lipinski definition) is 2. The quantitative estimate of drug-likeness (QED) is 0.616. The number of carbonyl (C=O) groups excluding carboxylic acids is 1. The highest BCUT2D eigenvalue weighted by atomic mass is 79.9. The molecule has 0 amide bonds. The molecule has 1 rings (SSSR count). The Morgan fingerprint density at radius 2 is 2.07 bits per heavy atom. The van der Waals surface area contributed by atoms with E-state index in [2.05, 4.69) is 20.9 Å². The summed E-state index contributed by atoms with van der Waals surface area (Å²) in [5, 5.41) is 0. The first kappa shape index (κ1) is 12.2. The van der Waals surface area contributed by atoms with Crippen molar-refractivity contribution in [2.45, 2.75) is 17.9 Å². The average molecular weight is 282 g/mol. The van der Waals surface area contributed by atoms with E-state index in [-0.39, 0.29) is 11.5 Å². The Labute approximate surface area is 92.6 Å². The third-order valence-electron chi connectivity index (χ3n) is 1.70. The van der Waals surface area contributed by atoms with E-state index in [1.165, 1.54) is 0 Å². The highest BCUT2D eigenvalue weighted by Gasteiger charge is 2.31. The molecule has 0 aromatic carbocycles. The van der Waals surface area contributed by atoms with Crippen LogP contribution in [0.3, 0.4) is 0 Å². The number of halogens is 4. The van der Waals surface area contributed by atoms with Gasteiger partial charge in [-0.2, -0.15) is 13.2 Å². The number of aromatic nitrogens is 1. The van der Waals surface area contributed by atoms with Crippen LogP contribution < -0.4 is 0 Å². The number of alkyl halides is 4. The first-order valence-electron chi connectivity index (χ1n) is 4.04. The van der Waals surface area contributed by atoms with Crippen LogP contribution in [-0.4, -0.2) is 15.6 Å². The van der Waals surface area contributed by atoms with Crippen LogP contribution in [0.25, 0.3) is 0 Å². The number of ketones is 1. The lowest BCUT2D eigenvalue weighted by atomic mass is 10.2. The predicted octanol–water partition coefficient (Wildman–Crippen LogP) is 3.07. The molecule has 6 heteroatoms. The molecular formula is C9H7BrF3NO. The summed E-state index contributed by atoms with van der Waals surface area (Å²) in [7, 11) is 0. The minimum absolute atomic E-state index is 0.0207. The van der Waals surface area contributed by atoms with E-state index in [1.807, 2.05) is 0 Å². The van der Waals surface area contributed by atoms with Crippen molar-refractivity contribution >= 4 is 21.7 Å². The average Bonchev–Trinajstić information content (AvgIpc) is 2.15. The van der Waals surface area contributed by atoms with Gasteiger partial charge in [-0.1, -0.05) is 15.9 Å². The van der Waals surface area contributed by atoms with Crippen LogP contribution in [0, 0.1) is 0 Å². The molecule has 2 nitrogen and oxygen atoms in total. The van der Waals surface area contributed by atoms with E-state index < -0.39 is 16.6 Å². The molecule has 1 heterocycles. The fourth-order valence-corrected chi connectivity index (χ4v) is 1.15. The van der Waals surface area contributed by atoms with Gasteiger partial charge in [0.15, 0.2) is 5.78 Å². The van der Waals surface area contributed by atoms with Crippen molar-refractivity contribution in [3.63, 3.8) is 0 Å². The molecule has 15 heavy (non-hydrogen) atoms. The summed E-state index contributed by atoms with van der Waals surface area (Å²) in [5.74, 6) is -0.344. The fraction of sp³-hybridized carbons (Fsp3) is 0.333. The summed E-state index contributed by atoms with van der Waals surface area (Å²) >= 11 is 3.02. The first-order chi connectivity index (χ1) is 6.82. The zero-order chi connectivity index (χ0) is 11.6. The maximum atomic E-state index is 12.1. The van der Waals surface area contributed by atoms with Gasteiger partial charge in [0, 0.05) is 6.20 Å². The third kappa shape index (κ3) is 3.02. The number of nitrogens with zero attached hydrogens (tertiary/aromatic N) is 1. The van der Waals surface area contributed by atoms with Crippen LogP contribution in [0.2, 0.25) is 0 Å². The minimum atomic E-state index is -4.42. The second-order valence-electron chi connectivity index (χ2n) is 2.91. The Hall–Kier alpha value is -0.910. The fourth-order valence-electron chi connectivity index (χ4n) is 0.911. The van der Waals surface area contributed by atoms with Gasteiger partial charge < -0.3 is 0 Å². The predicted molar refractivity (Wildman–Crippen MR) is 52.0 cm³/mol. The van der Waals surface area contributed by atoms with Gasteiger partial charge in [-0.05, 0) is 19.1 Å². The Balaban J connectivity index is 2.96. The summed E-state index contributed by atoms with van der Waals surface area (Å²) in [6.07, 6.45) is -3.77. The van der Waals surface area contributed by atoms with Gasteiger partial charge in [-0.3, -0.25) is 9.78 Å². The van der Waals surface area contributed by atoms with Crippen LogP contribution in [-0.2, 0) is 6.18 Å². The largest absolute Gasteiger partial charge is 0.417 e. The summed E-state index contributed by atoms with van der Waals surface area (Å²) in [6, 6.07) is 1.92. The zero-order valence-corrected chi connectivity index (χ0v) is 9.26. The lowest BCUT2D eigenvalue weighted by Gasteiger charge is -2.06. The van der Waals surface area contributed by atoms with Gasteiger partial charge >= 0.3 is 6.18 Å². The number of rotatable bonds is 2. The van der Waals surface area contributed by atoms with E-state index in [0.717, 1.165) is 12.1 Å². The summed E-state index contributed by atoms with van der Waals surface area (Å²) < 4.78 is 36.4. The molecule has 1 aromatic rings. The molecule has 0 saturated heterocycles. The Kier molecular flexibility index (Phi) is 3.49. The van der Waals surface area contributed by atoms with Gasteiger partial charge in [0.05, 0.1) is 10.4 Å². The van der Waals surface area contributed by atoms with Gasteiger partial charge in [0.1, 0.15) is 5.69 Å². The molecule has 0 spiro atoms. The Morgan fingerprint density at radius 1 is 1.47 bits per heavy atom. The standard InChI is InChI=1S/C9H7BrF3NO/c1-5(10)8(15)7-3-2-6(4-14-7)9(11,12)13/h2-5H,1H3. The van der Waals surface area contributed by atoms with Crippen LogP contribution in [0.15, 0.2) is 18.3 Å². The van der Waals surface area contributed by atoms with Crippen molar-refractivity contribution in [3.8, 4) is 0 Å². The second-order valence-corrected chi connectivity index (χ2v) is 4.28. The van der Waals surface area contributed by atoms with Crippen molar-refractivity contribution in [2.24, 2.45) is 0 Å². The van der Waals surface area contributed by atoms with Gasteiger partial charge in [0.25, 0.3) is 0 Å². The molecule has 0 aliphatic heterocycles. The number of Topliss-reactive ketones (excluding diaryl/α,β-unsaturated/α-hetero) is 1. The van der Waals surface area contributed by atoms with Crippen LogP contribution in [0.5, 0.6) is 0 Å². The SMILES string of the molecule is CC(Br)C(=O)c1ccc(C(F)(F)F)cn1. The van der Waals surface area contributed by atoms with Crippen LogP contribution >= 0.6 is 15.9 Å². The molecule has 0 aliphatic carbocycles. The van der Waals surface area contributed by atoms with Crippen molar-refractivity contribution in [1.82, 2.24) is 4.98 Å². The molecule has 0 aliphatic rings. The summed E-state index contributed by atoms with van der Waals surface area (Å²) in [5.41, 5.74) is -0.839. The molecule has 1 atom stereocenters. The minimum Gasteiger partial charge on any atom is -0.291 e. The second kappa shape index (κ2) is 4.30. The Morgan fingerprint density at radius 3 is 2.40 bits per heavy atom. The molecule has 82 valence electrons. The highest BCUT2D eigenvalue weighted by molar-refractivity contribution is 9.10. The number of hydrogen-bond donors (Lipinski definition) is 0. The lowest BCUT2D eigenvalue weighted by molar-refractivity contribution is -0.137. The summed E-state index contributed by atoms with van der Waals surface area (Å²) in [6.45, 7) is 1.59. The summed E-state index contributed by atoms with van der Waals surface area (Å²) in [4.78, 5) is 14.3. The zero-order valence-electron chi connectivity index (χ0n) is 7.68. The van der Waals surface area contributed by atoms with Crippen molar-refractivity contribution in [3.05, 3.63) is 29.6 Å². The Bertz CT molecular complexity index is 359. The normalized spacial score (nSPS) is 13.7. The van der Waals surface area contributed by atoms with Gasteiger partial charge in [-0.15, -0.1) is 0 Å². The molecule has 0 fully saturated rings. The monoisotopic (exact) mass is 281 g/mol. The molecule has 1 unspecified atom stereocenters. The van der Waals surface area contributed by atoms with Crippen molar-refractivity contribution < 1.29 is 18.0 Å². The highest BCUT2D eigenvalue weighted by Crippen LogP contribution is 2.28. The molecular weight excluding hydrogens is 275 g/mol. The third-order valence-corrected chi connectivity index (χ3v) is 2.12. The van der Waals surface area contributed by atoms with Crippen LogP contribution in [0.1, 0.15) is 23.0 Å². The first-order valence-corrected chi connectivity index (χ1v) is 4.95. The van der Waals surface area contributed by atoms with E-state index in [9.17, 15) is 18.0 Å². The number of carbonyl (C=O) groups is 1. The van der Waals surface area contributed by atoms with E-state index in [0.29, 0.717) is 6.20 Å². The number of pyridine rings is 1. The van der Waals surface area contributed by atoms with E-state index in [4.69, 9.17) is 0 Å². The molecule has 0 N–H and O–H groups in total. The molecule has 0 bridgehead atoms. The van der Waals surface area contributed by atoms with Gasteiger partial charge in [0.2, 0.25) is 0 Å².